The van der Waals surface area contributed by atoms with Gasteiger partial charge in [0.25, 0.3) is 0 Å². The molecule has 150 valence electrons. The van der Waals surface area contributed by atoms with E-state index in [1.54, 1.807) is 24.5 Å². The van der Waals surface area contributed by atoms with Gasteiger partial charge in [0.05, 0.1) is 18.1 Å². The highest BCUT2D eigenvalue weighted by atomic mass is 32.2. The fourth-order valence-corrected chi connectivity index (χ4v) is 5.86. The third-order valence-corrected chi connectivity index (χ3v) is 7.43. The average Bonchev–Trinajstić information content (AvgIpc) is 3.04. The molecule has 2 aromatic rings. The van der Waals surface area contributed by atoms with Gasteiger partial charge in [-0.25, -0.2) is 8.42 Å². The molecule has 2 saturated heterocycles. The highest BCUT2D eigenvalue weighted by Crippen LogP contribution is 2.42. The summed E-state index contributed by atoms with van der Waals surface area (Å²) in [6.45, 7) is 6.37. The molecule has 3 heterocycles. The van der Waals surface area contributed by atoms with Crippen LogP contribution in [0, 0.1) is 19.8 Å². The Hall–Kier alpha value is -1.80. The van der Waals surface area contributed by atoms with Gasteiger partial charge in [0.1, 0.15) is 5.60 Å². The molecule has 28 heavy (non-hydrogen) atoms. The van der Waals surface area contributed by atoms with Crippen molar-refractivity contribution in [2.45, 2.75) is 37.4 Å². The van der Waals surface area contributed by atoms with Crippen molar-refractivity contribution >= 4 is 10.0 Å². The van der Waals surface area contributed by atoms with Crippen LogP contribution in [-0.4, -0.2) is 49.6 Å². The summed E-state index contributed by atoms with van der Waals surface area (Å²) >= 11 is 0. The molecule has 0 radical (unpaired) electrons. The van der Waals surface area contributed by atoms with Crippen LogP contribution in [0.1, 0.15) is 23.1 Å². The molecule has 1 atom stereocenters. The summed E-state index contributed by atoms with van der Waals surface area (Å²) in [5, 5.41) is 0. The van der Waals surface area contributed by atoms with Gasteiger partial charge in [-0.05, 0) is 61.2 Å². The molecule has 1 spiro atoms. The van der Waals surface area contributed by atoms with Crippen molar-refractivity contribution in [1.29, 1.82) is 0 Å². The van der Waals surface area contributed by atoms with Crippen LogP contribution in [0.2, 0.25) is 0 Å². The number of hydrogen-bond donors (Lipinski definition) is 0. The molecule has 2 fully saturated rings. The molecule has 2 aliphatic heterocycles. The van der Waals surface area contributed by atoms with E-state index in [0.29, 0.717) is 37.8 Å². The standard InChI is InChI=1S/C21H26N2O4S/c1-16-9-17(2)11-20(10-16)28(24,25)23-14-21(15-23)19(5-8-27-21)13-26-12-18-3-6-22-7-4-18/h3-4,6-7,9-11,19H,5,8,12-15H2,1-2H3/t19-/m1/s1. The predicted molar refractivity (Wildman–Crippen MR) is 105 cm³/mol. The third kappa shape index (κ3) is 3.72. The van der Waals surface area contributed by atoms with Crippen LogP contribution in [0.4, 0.5) is 0 Å². The Morgan fingerprint density at radius 3 is 2.54 bits per heavy atom. The van der Waals surface area contributed by atoms with E-state index in [1.807, 2.05) is 32.0 Å². The van der Waals surface area contributed by atoms with E-state index in [1.165, 1.54) is 4.31 Å². The van der Waals surface area contributed by atoms with Crippen molar-refractivity contribution in [3.63, 3.8) is 0 Å². The van der Waals surface area contributed by atoms with Crippen LogP contribution in [0.3, 0.4) is 0 Å². The van der Waals surface area contributed by atoms with E-state index in [-0.39, 0.29) is 5.92 Å². The number of aryl methyl sites for hydroxylation is 2. The van der Waals surface area contributed by atoms with E-state index in [2.05, 4.69) is 4.98 Å². The van der Waals surface area contributed by atoms with E-state index >= 15 is 0 Å². The van der Waals surface area contributed by atoms with Crippen molar-refractivity contribution in [1.82, 2.24) is 9.29 Å². The molecule has 0 unspecified atom stereocenters. The minimum Gasteiger partial charge on any atom is -0.376 e. The number of hydrogen-bond acceptors (Lipinski definition) is 5. The number of nitrogens with zero attached hydrogens (tertiary/aromatic N) is 2. The molecule has 2 aliphatic rings. The minimum absolute atomic E-state index is 0.208. The maximum Gasteiger partial charge on any atom is 0.243 e. The number of ether oxygens (including phenoxy) is 2. The Morgan fingerprint density at radius 1 is 1.18 bits per heavy atom. The zero-order chi connectivity index (χ0) is 19.8. The monoisotopic (exact) mass is 402 g/mol. The molecule has 1 aromatic heterocycles. The first-order valence-corrected chi connectivity index (χ1v) is 11.0. The number of rotatable bonds is 6. The fraction of sp³-hybridized carbons (Fsp3) is 0.476. The second-order valence-corrected chi connectivity index (χ2v) is 9.80. The van der Waals surface area contributed by atoms with Crippen LogP contribution >= 0.6 is 0 Å². The van der Waals surface area contributed by atoms with Crippen LogP contribution in [0.5, 0.6) is 0 Å². The lowest BCUT2D eigenvalue weighted by atomic mass is 9.83. The largest absolute Gasteiger partial charge is 0.376 e. The van der Waals surface area contributed by atoms with Gasteiger partial charge >= 0.3 is 0 Å². The lowest BCUT2D eigenvalue weighted by molar-refractivity contribution is -0.115. The Balaban J connectivity index is 1.39. The summed E-state index contributed by atoms with van der Waals surface area (Å²) in [6.07, 6.45) is 4.40. The number of benzene rings is 1. The molecule has 6 nitrogen and oxygen atoms in total. The molecule has 7 heteroatoms. The third-order valence-electron chi connectivity index (χ3n) is 5.66. The average molecular weight is 403 g/mol. The van der Waals surface area contributed by atoms with Gasteiger partial charge in [-0.2, -0.15) is 4.31 Å². The summed E-state index contributed by atoms with van der Waals surface area (Å²) in [5.74, 6) is 0.208. The van der Waals surface area contributed by atoms with Gasteiger partial charge in [0.15, 0.2) is 0 Å². The van der Waals surface area contributed by atoms with Gasteiger partial charge in [-0.1, -0.05) is 6.07 Å². The maximum atomic E-state index is 13.0. The highest BCUT2D eigenvalue weighted by Gasteiger charge is 2.56. The van der Waals surface area contributed by atoms with Crippen molar-refractivity contribution in [2.75, 3.05) is 26.3 Å². The predicted octanol–water partition coefficient (Wildman–Crippen LogP) is 2.69. The SMILES string of the molecule is Cc1cc(C)cc(S(=O)(=O)N2CC3(C2)OCC[C@@H]3COCc2ccncc2)c1. The molecule has 0 saturated carbocycles. The summed E-state index contributed by atoms with van der Waals surface area (Å²) < 4.78 is 39.4. The first kappa shape index (κ1) is 19.5. The van der Waals surface area contributed by atoms with Gasteiger partial charge in [-0.15, -0.1) is 0 Å². The number of pyridine rings is 1. The second kappa shape index (κ2) is 7.55. The normalized spacial score (nSPS) is 21.7. The van der Waals surface area contributed by atoms with Crippen LogP contribution in [-0.2, 0) is 26.1 Å². The number of aromatic nitrogens is 1. The molecular weight excluding hydrogens is 376 g/mol. The summed E-state index contributed by atoms with van der Waals surface area (Å²) in [6, 6.07) is 9.31. The first-order chi connectivity index (χ1) is 13.4. The molecule has 0 N–H and O–H groups in total. The van der Waals surface area contributed by atoms with Gasteiger partial charge in [0, 0.05) is 38.0 Å². The quantitative estimate of drug-likeness (QED) is 0.743. The fourth-order valence-electron chi connectivity index (χ4n) is 4.12. The van der Waals surface area contributed by atoms with E-state index in [9.17, 15) is 8.42 Å². The molecule has 1 aromatic carbocycles. The van der Waals surface area contributed by atoms with Gasteiger partial charge in [0.2, 0.25) is 10.0 Å². The zero-order valence-electron chi connectivity index (χ0n) is 16.3. The maximum absolute atomic E-state index is 13.0. The molecule has 0 bridgehead atoms. The van der Waals surface area contributed by atoms with Crippen molar-refractivity contribution in [3.8, 4) is 0 Å². The number of sulfonamides is 1. The topological polar surface area (TPSA) is 68.7 Å². The van der Waals surface area contributed by atoms with E-state index in [4.69, 9.17) is 9.47 Å². The van der Waals surface area contributed by atoms with Gasteiger partial charge in [-0.3, -0.25) is 4.98 Å². The lowest BCUT2D eigenvalue weighted by Gasteiger charge is -2.49. The Bertz CT molecular complexity index is 920. The Labute approximate surface area is 166 Å². The lowest BCUT2D eigenvalue weighted by Crippen LogP contribution is -2.66. The minimum atomic E-state index is -3.49. The molecule has 4 rings (SSSR count). The molecule has 0 amide bonds. The van der Waals surface area contributed by atoms with Crippen molar-refractivity contribution < 1.29 is 17.9 Å². The van der Waals surface area contributed by atoms with Crippen molar-refractivity contribution in [2.24, 2.45) is 5.92 Å². The van der Waals surface area contributed by atoms with Crippen LogP contribution in [0.15, 0.2) is 47.6 Å². The smallest absolute Gasteiger partial charge is 0.243 e. The molecular formula is C21H26N2O4S. The van der Waals surface area contributed by atoms with Crippen molar-refractivity contribution in [3.05, 3.63) is 59.4 Å². The van der Waals surface area contributed by atoms with Crippen LogP contribution in [0.25, 0.3) is 0 Å². The van der Waals surface area contributed by atoms with E-state index < -0.39 is 15.6 Å². The Kier molecular flexibility index (Phi) is 5.26. The summed E-state index contributed by atoms with van der Waals surface area (Å²) in [5.41, 5.74) is 2.57. The van der Waals surface area contributed by atoms with Crippen LogP contribution < -0.4 is 0 Å². The van der Waals surface area contributed by atoms with E-state index in [0.717, 1.165) is 23.1 Å². The second-order valence-electron chi connectivity index (χ2n) is 7.87. The summed E-state index contributed by atoms with van der Waals surface area (Å²) in [4.78, 5) is 4.37. The Morgan fingerprint density at radius 2 is 1.86 bits per heavy atom. The summed E-state index contributed by atoms with van der Waals surface area (Å²) in [7, 11) is -3.49. The highest BCUT2D eigenvalue weighted by molar-refractivity contribution is 7.89. The van der Waals surface area contributed by atoms with Gasteiger partial charge < -0.3 is 9.47 Å². The first-order valence-electron chi connectivity index (χ1n) is 9.58. The molecule has 0 aliphatic carbocycles. The zero-order valence-corrected chi connectivity index (χ0v) is 17.1.